The van der Waals surface area contributed by atoms with E-state index in [-0.39, 0.29) is 18.2 Å². The number of rotatable bonds is 5. The van der Waals surface area contributed by atoms with E-state index in [0.717, 1.165) is 12.2 Å². The van der Waals surface area contributed by atoms with Crippen LogP contribution < -0.4 is 4.74 Å². The Morgan fingerprint density at radius 2 is 2.15 bits per heavy atom. The van der Waals surface area contributed by atoms with Gasteiger partial charge in [0.15, 0.2) is 0 Å². The summed E-state index contributed by atoms with van der Waals surface area (Å²) in [6.45, 7) is 0. The third-order valence-electron chi connectivity index (χ3n) is 2.02. The van der Waals surface area contributed by atoms with Crippen LogP contribution in [0.25, 0.3) is 0 Å². The lowest BCUT2D eigenvalue weighted by Crippen LogP contribution is -1.92. The van der Waals surface area contributed by atoms with E-state index in [0.29, 0.717) is 0 Å². The van der Waals surface area contributed by atoms with Crippen molar-refractivity contribution in [2.45, 2.75) is 17.4 Å². The van der Waals surface area contributed by atoms with Crippen molar-refractivity contribution in [1.29, 1.82) is 0 Å². The molecule has 0 fully saturated rings. The molecular formula is C10H13BrMgO. The Morgan fingerprint density at radius 3 is 2.85 bits per heavy atom. The minimum atomic E-state index is 0.0512. The fourth-order valence-corrected chi connectivity index (χ4v) is 2.95. The third kappa shape index (κ3) is 3.87. The predicted molar refractivity (Wildman–Crippen MR) is 60.8 cm³/mol. The van der Waals surface area contributed by atoms with Gasteiger partial charge in [0.25, 0.3) is 0 Å². The minimum absolute atomic E-state index is 0.0512. The molecule has 0 saturated carbocycles. The summed E-state index contributed by atoms with van der Waals surface area (Å²) >= 11 is 3.62. The zero-order valence-corrected chi connectivity index (χ0v) is 10.9. The summed E-state index contributed by atoms with van der Waals surface area (Å²) in [4.78, 5) is 0. The van der Waals surface area contributed by atoms with E-state index >= 15 is 0 Å². The molecule has 1 aromatic carbocycles. The van der Waals surface area contributed by atoms with E-state index in [2.05, 4.69) is 25.0 Å². The second kappa shape index (κ2) is 6.68. The molecule has 0 aromatic heterocycles. The molecule has 0 N–H and O–H groups in total. The summed E-state index contributed by atoms with van der Waals surface area (Å²) in [6.07, 6.45) is 2.42. The van der Waals surface area contributed by atoms with Crippen molar-refractivity contribution in [3.05, 3.63) is 29.8 Å². The van der Waals surface area contributed by atoms with Crippen molar-refractivity contribution in [3.8, 4) is 5.75 Å². The predicted octanol–water partition coefficient (Wildman–Crippen LogP) is 3.06. The highest BCUT2D eigenvalue weighted by Gasteiger charge is 2.00. The number of hydrogen-bond donors (Lipinski definition) is 0. The molecule has 0 aliphatic rings. The first-order valence-corrected chi connectivity index (χ1v) is 9.46. The van der Waals surface area contributed by atoms with Gasteiger partial charge in [-0.3, -0.25) is 0 Å². The Kier molecular flexibility index (Phi) is 5.83. The van der Waals surface area contributed by atoms with Crippen LogP contribution in [0.5, 0.6) is 5.75 Å². The SMILES string of the molecule is COc1ccccc1CC[CH2][Mg][Br]. The van der Waals surface area contributed by atoms with E-state index in [1.54, 1.807) is 7.11 Å². The number of benzene rings is 1. The summed E-state index contributed by atoms with van der Waals surface area (Å²) in [6, 6.07) is 8.26. The standard InChI is InChI=1S/C10H13O.BrH.Mg/c1-3-6-9-7-4-5-8-10(9)11-2;;/h4-5,7-8H,1,3,6H2,2H3;1H;/q;;+1/p-1. The molecule has 1 aromatic rings. The van der Waals surface area contributed by atoms with Crippen molar-refractivity contribution in [1.82, 2.24) is 0 Å². The van der Waals surface area contributed by atoms with Crippen molar-refractivity contribution < 1.29 is 4.74 Å². The first-order valence-electron chi connectivity index (χ1n) is 4.56. The lowest BCUT2D eigenvalue weighted by molar-refractivity contribution is 0.409. The molecule has 0 unspecified atom stereocenters. The molecule has 0 spiro atoms. The molecule has 0 radical (unpaired) electrons. The van der Waals surface area contributed by atoms with Crippen molar-refractivity contribution in [2.75, 3.05) is 7.11 Å². The molecule has 0 aliphatic heterocycles. The molecular weight excluding hydrogens is 240 g/mol. The number of para-hydroxylation sites is 1. The highest BCUT2D eigenvalue weighted by molar-refractivity contribution is 9.23. The lowest BCUT2D eigenvalue weighted by atomic mass is 10.1. The quantitative estimate of drug-likeness (QED) is 0.579. The molecule has 0 aliphatic carbocycles. The lowest BCUT2D eigenvalue weighted by Gasteiger charge is -2.06. The van der Waals surface area contributed by atoms with Crippen LogP contribution in [0.15, 0.2) is 24.3 Å². The highest BCUT2D eigenvalue weighted by atomic mass is 79.9. The van der Waals surface area contributed by atoms with Gasteiger partial charge in [0.05, 0.1) is 7.11 Å². The van der Waals surface area contributed by atoms with Gasteiger partial charge in [-0.25, -0.2) is 0 Å². The van der Waals surface area contributed by atoms with E-state index in [4.69, 9.17) is 4.74 Å². The molecule has 0 saturated heterocycles. The van der Waals surface area contributed by atoms with Crippen molar-refractivity contribution in [2.24, 2.45) is 0 Å². The van der Waals surface area contributed by atoms with Crippen LogP contribution in [0.4, 0.5) is 0 Å². The average Bonchev–Trinajstić information content (AvgIpc) is 2.19. The second-order valence-electron chi connectivity index (χ2n) is 2.96. The first-order chi connectivity index (χ1) is 6.38. The van der Waals surface area contributed by atoms with Gasteiger partial charge in [0, 0.05) is 0 Å². The average molecular weight is 253 g/mol. The smallest absolute Gasteiger partial charge is 0.468 e. The van der Waals surface area contributed by atoms with E-state index in [9.17, 15) is 0 Å². The normalized spacial score (nSPS) is 9.38. The zero-order valence-electron chi connectivity index (χ0n) is 7.92. The maximum Gasteiger partial charge on any atom is 0.468 e. The summed E-state index contributed by atoms with van der Waals surface area (Å²) in [5.41, 5.74) is 1.33. The fraction of sp³-hybridized carbons (Fsp3) is 0.400. The van der Waals surface area contributed by atoms with Crippen LogP contribution in [-0.4, -0.2) is 25.3 Å². The minimum Gasteiger partial charge on any atom is -0.496 e. The Bertz CT molecular complexity index is 252. The number of halogens is 1. The van der Waals surface area contributed by atoms with Gasteiger partial charge < -0.3 is 17.6 Å². The fourth-order valence-electron chi connectivity index (χ4n) is 1.32. The molecule has 3 heteroatoms. The maximum absolute atomic E-state index is 5.28. The molecule has 0 heterocycles. The maximum atomic E-state index is 5.28. The van der Waals surface area contributed by atoms with Gasteiger partial charge in [0.2, 0.25) is 0 Å². The Hall–Kier alpha value is 0.266. The van der Waals surface area contributed by atoms with Gasteiger partial charge in [-0.1, -0.05) is 24.6 Å². The molecule has 1 rings (SSSR count). The summed E-state index contributed by atoms with van der Waals surface area (Å²) in [5, 5.41) is 0. The van der Waals surface area contributed by atoms with Crippen LogP contribution in [0.3, 0.4) is 0 Å². The molecule has 68 valence electrons. The summed E-state index contributed by atoms with van der Waals surface area (Å²) in [5.74, 6) is 1.03. The molecule has 0 bridgehead atoms. The second-order valence-corrected chi connectivity index (χ2v) is 6.42. The monoisotopic (exact) mass is 252 g/mol. The number of aryl methyl sites for hydroxylation is 1. The van der Waals surface area contributed by atoms with Crippen LogP contribution in [0.2, 0.25) is 4.55 Å². The molecule has 0 atom stereocenters. The van der Waals surface area contributed by atoms with Gasteiger partial charge in [-0.05, 0) is 18.1 Å². The highest BCUT2D eigenvalue weighted by Crippen LogP contribution is 2.19. The molecule has 13 heavy (non-hydrogen) atoms. The first kappa shape index (κ1) is 11.3. The molecule has 0 amide bonds. The van der Waals surface area contributed by atoms with E-state index in [1.165, 1.54) is 16.5 Å². The topological polar surface area (TPSA) is 9.23 Å². The van der Waals surface area contributed by atoms with Gasteiger partial charge in [0.1, 0.15) is 5.75 Å². The van der Waals surface area contributed by atoms with Crippen molar-refractivity contribution in [3.63, 3.8) is 0 Å². The van der Waals surface area contributed by atoms with Crippen LogP contribution >= 0.6 is 12.9 Å². The van der Waals surface area contributed by atoms with Gasteiger partial charge >= 0.3 is 18.2 Å². The third-order valence-corrected chi connectivity index (χ3v) is 4.47. The number of ether oxygens (including phenoxy) is 1. The van der Waals surface area contributed by atoms with Crippen LogP contribution in [0.1, 0.15) is 12.0 Å². The van der Waals surface area contributed by atoms with E-state index in [1.807, 2.05) is 12.1 Å². The largest absolute Gasteiger partial charge is 0.496 e. The Morgan fingerprint density at radius 1 is 1.38 bits per heavy atom. The molecule has 1 nitrogen and oxygen atoms in total. The number of methoxy groups -OCH3 is 1. The number of hydrogen-bond acceptors (Lipinski definition) is 1. The van der Waals surface area contributed by atoms with Gasteiger partial charge in [-0.2, -0.15) is 0 Å². The van der Waals surface area contributed by atoms with Gasteiger partial charge in [-0.15, -0.1) is 4.55 Å². The zero-order chi connectivity index (χ0) is 9.52. The van der Waals surface area contributed by atoms with Crippen molar-refractivity contribution >= 4 is 31.1 Å². The van der Waals surface area contributed by atoms with Crippen LogP contribution in [-0.2, 0) is 6.42 Å². The van der Waals surface area contributed by atoms with Crippen LogP contribution in [0, 0.1) is 0 Å². The Balaban J connectivity index is 2.54. The Labute approximate surface area is 95.5 Å². The summed E-state index contributed by atoms with van der Waals surface area (Å²) < 4.78 is 6.63. The van der Waals surface area contributed by atoms with E-state index < -0.39 is 0 Å². The summed E-state index contributed by atoms with van der Waals surface area (Å²) in [7, 11) is 1.73.